The van der Waals surface area contributed by atoms with Gasteiger partial charge in [0, 0.05) is 24.2 Å². The smallest absolute Gasteiger partial charge is 0.133 e. The number of hydrogen-bond donors (Lipinski definition) is 0. The minimum Gasteiger partial charge on any atom is -0.457 e. The Hall–Kier alpha value is -1.84. The van der Waals surface area contributed by atoms with E-state index in [2.05, 4.69) is 36.2 Å². The minimum atomic E-state index is -0.0189. The van der Waals surface area contributed by atoms with Gasteiger partial charge in [-0.1, -0.05) is 36.4 Å². The van der Waals surface area contributed by atoms with Gasteiger partial charge in [-0.05, 0) is 32.0 Å². The Morgan fingerprint density at radius 3 is 2.05 bits per heavy atom. The summed E-state index contributed by atoms with van der Waals surface area (Å²) in [5.41, 5.74) is 2.28. The number of nitrogens with zero attached hydrogens (tertiary/aromatic N) is 1. The van der Waals surface area contributed by atoms with Crippen molar-refractivity contribution in [3.8, 4) is 11.5 Å². The van der Waals surface area contributed by atoms with Crippen LogP contribution in [0.3, 0.4) is 0 Å². The topological polar surface area (TPSA) is 21.7 Å². The first-order valence-corrected chi connectivity index (χ1v) is 8.01. The highest BCUT2D eigenvalue weighted by Gasteiger charge is 2.30. The largest absolute Gasteiger partial charge is 0.457 e. The van der Waals surface area contributed by atoms with Gasteiger partial charge in [-0.15, -0.1) is 0 Å². The molecule has 0 N–H and O–H groups in total. The summed E-state index contributed by atoms with van der Waals surface area (Å²) in [4.78, 5) is 2.37. The summed E-state index contributed by atoms with van der Waals surface area (Å²) in [7, 11) is 2.18. The third kappa shape index (κ3) is 2.51. The van der Waals surface area contributed by atoms with Crippen molar-refractivity contribution in [2.75, 3.05) is 20.1 Å². The van der Waals surface area contributed by atoms with E-state index >= 15 is 0 Å². The van der Waals surface area contributed by atoms with Crippen molar-refractivity contribution < 1.29 is 9.47 Å². The Morgan fingerprint density at radius 2 is 1.45 bits per heavy atom. The lowest BCUT2D eigenvalue weighted by atomic mass is 9.96. The molecule has 0 aromatic heterocycles. The van der Waals surface area contributed by atoms with Crippen molar-refractivity contribution >= 4 is 0 Å². The SMILES string of the molecule is CN1CCC(OC2c3ccccc3Oc3ccccc32)CC1. The summed E-state index contributed by atoms with van der Waals surface area (Å²) in [5, 5.41) is 0. The Morgan fingerprint density at radius 1 is 0.909 bits per heavy atom. The molecule has 3 nitrogen and oxygen atoms in total. The van der Waals surface area contributed by atoms with Crippen LogP contribution < -0.4 is 4.74 Å². The van der Waals surface area contributed by atoms with Crippen LogP contribution in [0, 0.1) is 0 Å². The molecule has 22 heavy (non-hydrogen) atoms. The summed E-state index contributed by atoms with van der Waals surface area (Å²) >= 11 is 0. The van der Waals surface area contributed by atoms with E-state index in [-0.39, 0.29) is 6.10 Å². The van der Waals surface area contributed by atoms with E-state index in [0.717, 1.165) is 48.6 Å². The minimum absolute atomic E-state index is 0.0189. The summed E-state index contributed by atoms with van der Waals surface area (Å²) in [6.07, 6.45) is 2.49. The van der Waals surface area contributed by atoms with Crippen LogP contribution in [-0.4, -0.2) is 31.1 Å². The maximum Gasteiger partial charge on any atom is 0.133 e. The van der Waals surface area contributed by atoms with Crippen LogP contribution in [0.25, 0.3) is 0 Å². The number of para-hydroxylation sites is 2. The number of benzene rings is 2. The first-order valence-electron chi connectivity index (χ1n) is 8.01. The van der Waals surface area contributed by atoms with Gasteiger partial charge in [0.05, 0.1) is 6.10 Å². The van der Waals surface area contributed by atoms with E-state index in [9.17, 15) is 0 Å². The van der Waals surface area contributed by atoms with Gasteiger partial charge in [0.15, 0.2) is 0 Å². The lowest BCUT2D eigenvalue weighted by molar-refractivity contribution is -0.0266. The number of hydrogen-bond acceptors (Lipinski definition) is 3. The zero-order chi connectivity index (χ0) is 14.9. The van der Waals surface area contributed by atoms with E-state index < -0.39 is 0 Å². The zero-order valence-electron chi connectivity index (χ0n) is 12.9. The molecule has 4 rings (SSSR count). The average Bonchev–Trinajstić information content (AvgIpc) is 2.56. The first kappa shape index (κ1) is 13.8. The van der Waals surface area contributed by atoms with Gasteiger partial charge in [-0.3, -0.25) is 0 Å². The quantitative estimate of drug-likeness (QED) is 0.836. The molecule has 2 aromatic rings. The maximum atomic E-state index is 6.53. The Bertz CT molecular complexity index is 616. The number of likely N-dealkylation sites (tertiary alicyclic amines) is 1. The fraction of sp³-hybridized carbons (Fsp3) is 0.368. The van der Waals surface area contributed by atoms with Crippen LogP contribution in [0.4, 0.5) is 0 Å². The highest BCUT2D eigenvalue weighted by molar-refractivity contribution is 5.52. The van der Waals surface area contributed by atoms with Gasteiger partial charge in [0.25, 0.3) is 0 Å². The van der Waals surface area contributed by atoms with Gasteiger partial charge >= 0.3 is 0 Å². The van der Waals surface area contributed by atoms with Crippen molar-refractivity contribution in [2.45, 2.75) is 25.0 Å². The maximum absolute atomic E-state index is 6.53. The van der Waals surface area contributed by atoms with Gasteiger partial charge < -0.3 is 14.4 Å². The monoisotopic (exact) mass is 295 g/mol. The molecule has 2 aliphatic rings. The molecule has 0 atom stereocenters. The predicted molar refractivity (Wildman–Crippen MR) is 86.4 cm³/mol. The average molecular weight is 295 g/mol. The molecule has 2 aromatic carbocycles. The Balaban J connectivity index is 1.66. The molecule has 3 heteroatoms. The molecule has 0 saturated carbocycles. The van der Waals surface area contributed by atoms with Gasteiger partial charge in [-0.2, -0.15) is 0 Å². The van der Waals surface area contributed by atoms with Crippen molar-refractivity contribution in [1.82, 2.24) is 4.90 Å². The molecular weight excluding hydrogens is 274 g/mol. The Labute approximate surface area is 131 Å². The number of ether oxygens (including phenoxy) is 2. The molecule has 0 unspecified atom stereocenters. The van der Waals surface area contributed by atoms with Crippen LogP contribution in [0.15, 0.2) is 48.5 Å². The van der Waals surface area contributed by atoms with Gasteiger partial charge in [0.2, 0.25) is 0 Å². The van der Waals surface area contributed by atoms with Crippen LogP contribution in [0.2, 0.25) is 0 Å². The number of fused-ring (bicyclic) bond motifs is 2. The summed E-state index contributed by atoms with van der Waals surface area (Å²) in [5.74, 6) is 1.83. The van der Waals surface area contributed by atoms with Crippen LogP contribution in [-0.2, 0) is 4.74 Å². The molecular formula is C19H21NO2. The second kappa shape index (κ2) is 5.75. The lowest BCUT2D eigenvalue weighted by Gasteiger charge is -2.34. The zero-order valence-corrected chi connectivity index (χ0v) is 12.9. The number of rotatable bonds is 2. The van der Waals surface area contributed by atoms with E-state index in [1.165, 1.54) is 0 Å². The molecule has 114 valence electrons. The highest BCUT2D eigenvalue weighted by atomic mass is 16.5. The fourth-order valence-corrected chi connectivity index (χ4v) is 3.33. The van der Waals surface area contributed by atoms with E-state index in [4.69, 9.17) is 9.47 Å². The molecule has 2 aliphatic heterocycles. The van der Waals surface area contributed by atoms with Crippen molar-refractivity contribution in [2.24, 2.45) is 0 Å². The lowest BCUT2D eigenvalue weighted by Crippen LogP contribution is -2.35. The Kier molecular flexibility index (Phi) is 3.60. The second-order valence-electron chi connectivity index (χ2n) is 6.20. The van der Waals surface area contributed by atoms with Crippen molar-refractivity contribution in [1.29, 1.82) is 0 Å². The van der Waals surface area contributed by atoms with Crippen LogP contribution in [0.1, 0.15) is 30.1 Å². The predicted octanol–water partition coefficient (Wildman–Crippen LogP) is 3.99. The van der Waals surface area contributed by atoms with E-state index in [1.807, 2.05) is 24.3 Å². The van der Waals surface area contributed by atoms with Gasteiger partial charge in [-0.25, -0.2) is 0 Å². The normalized spacial score (nSPS) is 19.3. The third-order valence-corrected chi connectivity index (χ3v) is 4.62. The van der Waals surface area contributed by atoms with Crippen LogP contribution >= 0.6 is 0 Å². The van der Waals surface area contributed by atoms with Gasteiger partial charge in [0.1, 0.15) is 17.6 Å². The molecule has 0 spiro atoms. The van der Waals surface area contributed by atoms with E-state index in [1.54, 1.807) is 0 Å². The molecule has 2 heterocycles. The molecule has 0 aliphatic carbocycles. The number of piperidine rings is 1. The molecule has 0 bridgehead atoms. The standard InChI is InChI=1S/C19H21NO2/c1-20-12-10-14(11-13-20)21-19-15-6-2-4-8-17(15)22-18-9-5-3-7-16(18)19/h2-9,14,19H,10-13H2,1H3. The summed E-state index contributed by atoms with van der Waals surface area (Å²) < 4.78 is 12.6. The third-order valence-electron chi connectivity index (χ3n) is 4.62. The molecule has 0 amide bonds. The molecule has 1 saturated heterocycles. The second-order valence-corrected chi connectivity index (χ2v) is 6.20. The molecule has 0 radical (unpaired) electrons. The van der Waals surface area contributed by atoms with Crippen LogP contribution in [0.5, 0.6) is 11.5 Å². The highest BCUT2D eigenvalue weighted by Crippen LogP contribution is 2.45. The van der Waals surface area contributed by atoms with Crippen molar-refractivity contribution in [3.63, 3.8) is 0 Å². The molecule has 1 fully saturated rings. The first-order chi connectivity index (χ1) is 10.8. The fourth-order valence-electron chi connectivity index (χ4n) is 3.33. The summed E-state index contributed by atoms with van der Waals surface area (Å²) in [6, 6.07) is 16.4. The van der Waals surface area contributed by atoms with E-state index in [0.29, 0.717) is 6.10 Å². The summed E-state index contributed by atoms with van der Waals surface area (Å²) in [6.45, 7) is 2.22. The van der Waals surface area contributed by atoms with Crippen molar-refractivity contribution in [3.05, 3.63) is 59.7 Å².